The highest BCUT2D eigenvalue weighted by Crippen LogP contribution is 2.34. The van der Waals surface area contributed by atoms with Crippen LogP contribution in [0.25, 0.3) is 0 Å². The van der Waals surface area contributed by atoms with Crippen molar-refractivity contribution >= 4 is 11.8 Å². The number of ether oxygens (including phenoxy) is 2. The van der Waals surface area contributed by atoms with Crippen LogP contribution in [0.4, 0.5) is 0 Å². The number of nitrogens with one attached hydrogen (secondary N) is 1. The fourth-order valence-corrected chi connectivity index (χ4v) is 2.63. The number of methoxy groups -OCH3 is 2. The van der Waals surface area contributed by atoms with Gasteiger partial charge in [-0.3, -0.25) is 4.79 Å². The summed E-state index contributed by atoms with van der Waals surface area (Å²) in [7, 11) is 2.66. The number of carbonyl (C=O) groups is 1. The minimum absolute atomic E-state index is 0.219. The molecule has 0 bridgehead atoms. The molecule has 23 heavy (non-hydrogen) atoms. The zero-order chi connectivity index (χ0) is 17.3. The molecule has 0 radical (unpaired) electrons. The minimum Gasteiger partial charge on any atom is -0.481 e. The Morgan fingerprint density at radius 1 is 1.22 bits per heavy atom. The van der Waals surface area contributed by atoms with E-state index in [4.69, 9.17) is 9.47 Å². The summed E-state index contributed by atoms with van der Waals surface area (Å²) in [5.41, 5.74) is -3.28. The van der Waals surface area contributed by atoms with Crippen molar-refractivity contribution < 1.29 is 24.5 Å². The van der Waals surface area contributed by atoms with Crippen LogP contribution >= 0.6 is 0 Å². The van der Waals surface area contributed by atoms with Crippen molar-refractivity contribution in [3.05, 3.63) is 35.9 Å². The second-order valence-corrected chi connectivity index (χ2v) is 5.71. The standard InChI is InChI=1S/C16H22N2O5/c1-10(2)16(23-4)13(20)17-15(21,14(18-16)22-3)12(19)11-8-6-5-7-9-11/h5-10,12,19,21H,1-4H3,(H,17,20)/t12-,15-,16-/m1/s1. The number of aliphatic hydroxyl groups is 2. The predicted octanol–water partition coefficient (Wildman–Crippen LogP) is 0.582. The van der Waals surface area contributed by atoms with Gasteiger partial charge >= 0.3 is 0 Å². The topological polar surface area (TPSA) is 100 Å². The summed E-state index contributed by atoms with van der Waals surface area (Å²) in [5, 5.41) is 23.8. The maximum absolute atomic E-state index is 12.5. The van der Waals surface area contributed by atoms with E-state index < -0.39 is 23.5 Å². The molecule has 0 unspecified atom stereocenters. The Morgan fingerprint density at radius 2 is 1.83 bits per heavy atom. The van der Waals surface area contributed by atoms with Gasteiger partial charge in [-0.1, -0.05) is 44.2 Å². The highest BCUT2D eigenvalue weighted by atomic mass is 16.5. The number of amides is 1. The third-order valence-corrected chi connectivity index (χ3v) is 4.02. The highest BCUT2D eigenvalue weighted by Gasteiger charge is 2.56. The molecular formula is C16H22N2O5. The third kappa shape index (κ3) is 2.71. The summed E-state index contributed by atoms with van der Waals surface area (Å²) in [5.74, 6) is -1.17. The number of nitrogens with zero attached hydrogens (tertiary/aromatic N) is 1. The number of aliphatic imine (C=N–C) groups is 1. The molecule has 1 aliphatic heterocycles. The predicted molar refractivity (Wildman–Crippen MR) is 83.5 cm³/mol. The molecule has 7 nitrogen and oxygen atoms in total. The van der Waals surface area contributed by atoms with Crippen molar-refractivity contribution in [3.63, 3.8) is 0 Å². The lowest BCUT2D eigenvalue weighted by molar-refractivity contribution is -0.164. The summed E-state index contributed by atoms with van der Waals surface area (Å²) in [6, 6.07) is 8.46. The Morgan fingerprint density at radius 3 is 2.30 bits per heavy atom. The van der Waals surface area contributed by atoms with Crippen LogP contribution in [0.3, 0.4) is 0 Å². The van der Waals surface area contributed by atoms with E-state index in [1.807, 2.05) is 0 Å². The first-order valence-corrected chi connectivity index (χ1v) is 7.29. The lowest BCUT2D eigenvalue weighted by Crippen LogP contribution is -2.69. The first kappa shape index (κ1) is 17.4. The molecular weight excluding hydrogens is 300 g/mol. The van der Waals surface area contributed by atoms with Gasteiger partial charge in [-0.25, -0.2) is 4.99 Å². The normalized spacial score (nSPS) is 29.0. The first-order chi connectivity index (χ1) is 10.8. The molecule has 0 saturated heterocycles. The largest absolute Gasteiger partial charge is 0.481 e. The Balaban J connectivity index is 2.52. The molecule has 0 aromatic heterocycles. The van der Waals surface area contributed by atoms with Crippen molar-refractivity contribution in [1.82, 2.24) is 5.32 Å². The van der Waals surface area contributed by atoms with E-state index in [0.717, 1.165) is 0 Å². The van der Waals surface area contributed by atoms with Crippen molar-refractivity contribution in [2.45, 2.75) is 31.4 Å². The quantitative estimate of drug-likeness (QED) is 0.753. The molecule has 0 spiro atoms. The Kier molecular flexibility index (Phi) is 4.74. The van der Waals surface area contributed by atoms with Crippen molar-refractivity contribution in [2.24, 2.45) is 10.9 Å². The summed E-state index contributed by atoms with van der Waals surface area (Å²) in [6.45, 7) is 3.52. The van der Waals surface area contributed by atoms with E-state index in [9.17, 15) is 15.0 Å². The molecule has 7 heteroatoms. The molecule has 3 N–H and O–H groups in total. The van der Waals surface area contributed by atoms with Crippen LogP contribution < -0.4 is 5.32 Å². The van der Waals surface area contributed by atoms with Gasteiger partial charge in [0.1, 0.15) is 6.10 Å². The molecule has 1 aliphatic rings. The lowest BCUT2D eigenvalue weighted by Gasteiger charge is -2.43. The van der Waals surface area contributed by atoms with Gasteiger partial charge in [0, 0.05) is 13.0 Å². The minimum atomic E-state index is -2.18. The molecule has 0 fully saturated rings. The molecule has 1 heterocycles. The summed E-state index contributed by atoms with van der Waals surface area (Å²) >= 11 is 0. The highest BCUT2D eigenvalue weighted by molar-refractivity contribution is 5.99. The van der Waals surface area contributed by atoms with E-state index in [-0.39, 0.29) is 11.8 Å². The molecule has 3 atom stereocenters. The second-order valence-electron chi connectivity index (χ2n) is 5.71. The molecule has 0 aliphatic carbocycles. The molecule has 1 aromatic carbocycles. The number of carbonyl (C=O) groups excluding carboxylic acids is 1. The average molecular weight is 322 g/mol. The van der Waals surface area contributed by atoms with E-state index in [1.54, 1.807) is 44.2 Å². The van der Waals surface area contributed by atoms with Crippen molar-refractivity contribution in [1.29, 1.82) is 0 Å². The SMILES string of the molecule is COC1=N[C@@](OC)(C(C)C)C(=O)N[C@@]1(O)[C@H](O)c1ccccc1. The van der Waals surface area contributed by atoms with Crippen molar-refractivity contribution in [2.75, 3.05) is 14.2 Å². The summed E-state index contributed by atoms with van der Waals surface area (Å²) < 4.78 is 10.4. The van der Waals surface area contributed by atoms with E-state index in [0.29, 0.717) is 5.56 Å². The van der Waals surface area contributed by atoms with Crippen LogP contribution in [-0.2, 0) is 14.3 Å². The fourth-order valence-electron chi connectivity index (χ4n) is 2.63. The summed E-state index contributed by atoms with van der Waals surface area (Å²) in [4.78, 5) is 16.7. The monoisotopic (exact) mass is 322 g/mol. The zero-order valence-electron chi connectivity index (χ0n) is 13.6. The number of rotatable bonds is 4. The summed E-state index contributed by atoms with van der Waals surface area (Å²) in [6.07, 6.45) is -1.45. The van der Waals surface area contributed by atoms with Crippen LogP contribution in [0.15, 0.2) is 35.3 Å². The van der Waals surface area contributed by atoms with Crippen LogP contribution in [0, 0.1) is 5.92 Å². The van der Waals surface area contributed by atoms with Crippen molar-refractivity contribution in [3.8, 4) is 0 Å². The van der Waals surface area contributed by atoms with Gasteiger partial charge in [-0.15, -0.1) is 0 Å². The van der Waals surface area contributed by atoms with Gasteiger partial charge < -0.3 is 25.0 Å². The third-order valence-electron chi connectivity index (χ3n) is 4.02. The van der Waals surface area contributed by atoms with E-state index in [2.05, 4.69) is 10.3 Å². The average Bonchev–Trinajstić information content (AvgIpc) is 2.55. The van der Waals surface area contributed by atoms with E-state index in [1.165, 1.54) is 14.2 Å². The molecule has 126 valence electrons. The number of benzene rings is 1. The van der Waals surface area contributed by atoms with Gasteiger partial charge in [0.2, 0.25) is 17.3 Å². The maximum Gasteiger partial charge on any atom is 0.278 e. The Hall–Kier alpha value is -1.96. The Labute approximate surface area is 134 Å². The molecule has 0 saturated carbocycles. The smallest absolute Gasteiger partial charge is 0.278 e. The Bertz CT molecular complexity index is 604. The van der Waals surface area contributed by atoms with Crippen LogP contribution in [0.5, 0.6) is 0 Å². The van der Waals surface area contributed by atoms with E-state index >= 15 is 0 Å². The van der Waals surface area contributed by atoms with Gasteiger partial charge in [0.25, 0.3) is 5.91 Å². The number of hydrogen-bond acceptors (Lipinski definition) is 6. The number of hydrogen-bond donors (Lipinski definition) is 3. The molecule has 1 amide bonds. The fraction of sp³-hybridized carbons (Fsp3) is 0.500. The zero-order valence-corrected chi connectivity index (χ0v) is 13.6. The van der Waals surface area contributed by atoms with Gasteiger partial charge in [0.15, 0.2) is 0 Å². The van der Waals surface area contributed by atoms with Crippen LogP contribution in [0.1, 0.15) is 25.5 Å². The van der Waals surface area contributed by atoms with Crippen LogP contribution in [0.2, 0.25) is 0 Å². The first-order valence-electron chi connectivity index (χ1n) is 7.29. The second kappa shape index (κ2) is 6.27. The maximum atomic E-state index is 12.5. The van der Waals surface area contributed by atoms with Crippen LogP contribution in [-0.4, -0.2) is 47.7 Å². The number of aliphatic hydroxyl groups excluding tert-OH is 1. The lowest BCUT2D eigenvalue weighted by atomic mass is 9.91. The van der Waals surface area contributed by atoms with Gasteiger partial charge in [-0.05, 0) is 5.56 Å². The molecule has 1 aromatic rings. The van der Waals surface area contributed by atoms with Gasteiger partial charge in [0.05, 0.1) is 7.11 Å². The molecule has 2 rings (SSSR count). The van der Waals surface area contributed by atoms with Gasteiger partial charge in [-0.2, -0.15) is 0 Å².